The van der Waals surface area contributed by atoms with Crippen molar-refractivity contribution in [1.29, 1.82) is 0 Å². The van der Waals surface area contributed by atoms with Gasteiger partial charge in [0, 0.05) is 13.0 Å². The van der Waals surface area contributed by atoms with Crippen LogP contribution in [0, 0.1) is 0 Å². The maximum atomic E-state index is 12.8. The largest absolute Gasteiger partial charge is 0.480 e. The monoisotopic (exact) mass is 371 g/mol. The van der Waals surface area contributed by atoms with Gasteiger partial charge in [0.25, 0.3) is 0 Å². The molecule has 0 aliphatic carbocycles. The number of likely N-dealkylation sites (tertiary alicyclic amines) is 1. The highest BCUT2D eigenvalue weighted by atomic mass is 16.4. The SMILES string of the molecule is CC(NC(=O)C1CCCN1C(=O)C(CCC(N)=O)NC(=O)CN)C(=O)O. The molecular weight excluding hydrogens is 346 g/mol. The Hall–Kier alpha value is -2.69. The van der Waals surface area contributed by atoms with Crippen molar-refractivity contribution in [3.05, 3.63) is 0 Å². The van der Waals surface area contributed by atoms with Gasteiger partial charge in [-0.05, 0) is 26.2 Å². The quantitative estimate of drug-likeness (QED) is 0.291. The summed E-state index contributed by atoms with van der Waals surface area (Å²) in [6, 6.07) is -2.97. The topological polar surface area (TPSA) is 185 Å². The maximum absolute atomic E-state index is 12.8. The van der Waals surface area contributed by atoms with Gasteiger partial charge in [-0.1, -0.05) is 0 Å². The number of nitrogens with zero attached hydrogens (tertiary/aromatic N) is 1. The van der Waals surface area contributed by atoms with Crippen LogP contribution in [0.1, 0.15) is 32.6 Å². The number of rotatable bonds is 9. The second-order valence-corrected chi connectivity index (χ2v) is 6.09. The Balaban J connectivity index is 2.86. The molecule has 11 heteroatoms. The normalized spacial score (nSPS) is 18.7. The first-order chi connectivity index (χ1) is 12.2. The van der Waals surface area contributed by atoms with Crippen LogP contribution in [0.25, 0.3) is 0 Å². The second kappa shape index (κ2) is 9.70. The van der Waals surface area contributed by atoms with Crippen molar-refractivity contribution >= 4 is 29.6 Å². The molecule has 0 saturated carbocycles. The summed E-state index contributed by atoms with van der Waals surface area (Å²) in [6.45, 7) is 1.27. The zero-order chi connectivity index (χ0) is 19.9. The van der Waals surface area contributed by atoms with Gasteiger partial charge in [0.1, 0.15) is 18.1 Å². The van der Waals surface area contributed by atoms with Crippen molar-refractivity contribution < 1.29 is 29.1 Å². The van der Waals surface area contributed by atoms with E-state index in [9.17, 15) is 24.0 Å². The lowest BCUT2D eigenvalue weighted by Gasteiger charge is -2.29. The van der Waals surface area contributed by atoms with Crippen molar-refractivity contribution in [2.45, 2.75) is 50.7 Å². The average Bonchev–Trinajstić information content (AvgIpc) is 3.06. The van der Waals surface area contributed by atoms with Gasteiger partial charge in [-0.25, -0.2) is 0 Å². The Morgan fingerprint density at radius 2 is 1.88 bits per heavy atom. The van der Waals surface area contributed by atoms with Crippen LogP contribution < -0.4 is 22.1 Å². The molecule has 1 fully saturated rings. The van der Waals surface area contributed by atoms with Crippen molar-refractivity contribution in [3.8, 4) is 0 Å². The van der Waals surface area contributed by atoms with Gasteiger partial charge in [0.05, 0.1) is 6.54 Å². The van der Waals surface area contributed by atoms with E-state index in [0.29, 0.717) is 12.8 Å². The van der Waals surface area contributed by atoms with Gasteiger partial charge >= 0.3 is 5.97 Å². The van der Waals surface area contributed by atoms with Crippen LogP contribution in [0.15, 0.2) is 0 Å². The highest BCUT2D eigenvalue weighted by Crippen LogP contribution is 2.20. The van der Waals surface area contributed by atoms with Crippen molar-refractivity contribution in [1.82, 2.24) is 15.5 Å². The molecule has 0 aromatic heterocycles. The maximum Gasteiger partial charge on any atom is 0.325 e. The lowest BCUT2D eigenvalue weighted by molar-refractivity contribution is -0.144. The summed E-state index contributed by atoms with van der Waals surface area (Å²) < 4.78 is 0. The number of aliphatic carboxylic acids is 1. The number of carboxylic acids is 1. The third kappa shape index (κ3) is 5.99. The number of hydrogen-bond acceptors (Lipinski definition) is 6. The van der Waals surface area contributed by atoms with Gasteiger partial charge in [-0.15, -0.1) is 0 Å². The molecule has 3 unspecified atom stereocenters. The van der Waals surface area contributed by atoms with Crippen molar-refractivity contribution in [2.75, 3.05) is 13.1 Å². The summed E-state index contributed by atoms with van der Waals surface area (Å²) in [5, 5.41) is 13.6. The van der Waals surface area contributed by atoms with Gasteiger partial charge in [-0.2, -0.15) is 0 Å². The molecule has 1 aliphatic heterocycles. The molecule has 7 N–H and O–H groups in total. The van der Waals surface area contributed by atoms with E-state index in [-0.39, 0.29) is 25.9 Å². The summed E-state index contributed by atoms with van der Waals surface area (Å²) in [7, 11) is 0. The van der Waals surface area contributed by atoms with E-state index in [0.717, 1.165) is 0 Å². The van der Waals surface area contributed by atoms with Crippen LogP contribution in [0.2, 0.25) is 0 Å². The lowest BCUT2D eigenvalue weighted by Crippen LogP contribution is -2.55. The average molecular weight is 371 g/mol. The number of carbonyl (C=O) groups excluding carboxylic acids is 4. The van der Waals surface area contributed by atoms with Gasteiger partial charge in [0.15, 0.2) is 0 Å². The first kappa shape index (κ1) is 21.4. The Morgan fingerprint density at radius 1 is 1.23 bits per heavy atom. The van der Waals surface area contributed by atoms with Gasteiger partial charge in [-0.3, -0.25) is 24.0 Å². The van der Waals surface area contributed by atoms with Crippen LogP contribution in [0.4, 0.5) is 0 Å². The fourth-order valence-electron chi connectivity index (χ4n) is 2.67. The van der Waals surface area contributed by atoms with Crippen LogP contribution in [-0.4, -0.2) is 70.8 Å². The minimum Gasteiger partial charge on any atom is -0.480 e. The first-order valence-electron chi connectivity index (χ1n) is 8.28. The molecule has 0 spiro atoms. The predicted octanol–water partition coefficient (Wildman–Crippen LogP) is -2.72. The molecule has 3 atom stereocenters. The minimum atomic E-state index is -1.19. The van der Waals surface area contributed by atoms with E-state index in [1.807, 2.05) is 0 Å². The van der Waals surface area contributed by atoms with E-state index in [2.05, 4.69) is 10.6 Å². The van der Waals surface area contributed by atoms with E-state index in [1.165, 1.54) is 11.8 Å². The number of amides is 4. The lowest BCUT2D eigenvalue weighted by atomic mass is 10.1. The zero-order valence-corrected chi connectivity index (χ0v) is 14.6. The fourth-order valence-corrected chi connectivity index (χ4v) is 2.67. The summed E-state index contributed by atoms with van der Waals surface area (Å²) in [6.07, 6.45) is 0.786. The standard InChI is InChI=1S/C15H25N5O6/c1-8(15(25)26)18-13(23)10-3-2-6-20(10)14(24)9(4-5-11(17)21)19-12(22)7-16/h8-10H,2-7,16H2,1H3,(H2,17,21)(H,18,23)(H,19,22)(H,25,26). The Labute approximate surface area is 150 Å². The molecule has 1 aliphatic rings. The smallest absolute Gasteiger partial charge is 0.325 e. The number of carbonyl (C=O) groups is 5. The van der Waals surface area contributed by atoms with Crippen LogP contribution in [0.5, 0.6) is 0 Å². The van der Waals surface area contributed by atoms with Crippen LogP contribution >= 0.6 is 0 Å². The van der Waals surface area contributed by atoms with Crippen molar-refractivity contribution in [3.63, 3.8) is 0 Å². The van der Waals surface area contributed by atoms with E-state index in [4.69, 9.17) is 16.6 Å². The minimum absolute atomic E-state index is 0.0176. The molecule has 0 radical (unpaired) electrons. The third-order valence-corrected chi connectivity index (χ3v) is 4.07. The third-order valence-electron chi connectivity index (χ3n) is 4.07. The number of carboxylic acid groups (broad SMARTS) is 1. The van der Waals surface area contributed by atoms with E-state index < -0.39 is 47.7 Å². The van der Waals surface area contributed by atoms with E-state index in [1.54, 1.807) is 0 Å². The molecule has 0 aromatic rings. The number of nitrogens with one attached hydrogen (secondary N) is 2. The molecule has 146 valence electrons. The predicted molar refractivity (Wildman–Crippen MR) is 89.4 cm³/mol. The molecule has 26 heavy (non-hydrogen) atoms. The summed E-state index contributed by atoms with van der Waals surface area (Å²) in [4.78, 5) is 59.8. The van der Waals surface area contributed by atoms with Crippen LogP contribution in [0.3, 0.4) is 0 Å². The van der Waals surface area contributed by atoms with E-state index >= 15 is 0 Å². The Bertz CT molecular complexity index is 581. The summed E-state index contributed by atoms with van der Waals surface area (Å²) >= 11 is 0. The van der Waals surface area contributed by atoms with Gasteiger partial charge in [0.2, 0.25) is 23.6 Å². The molecular formula is C15H25N5O6. The molecule has 1 rings (SSSR count). The van der Waals surface area contributed by atoms with Crippen LogP contribution in [-0.2, 0) is 24.0 Å². The van der Waals surface area contributed by atoms with Crippen molar-refractivity contribution in [2.24, 2.45) is 11.5 Å². The molecule has 0 aromatic carbocycles. The molecule has 4 amide bonds. The summed E-state index contributed by atoms with van der Waals surface area (Å²) in [5.41, 5.74) is 10.3. The first-order valence-corrected chi connectivity index (χ1v) is 8.28. The molecule has 1 heterocycles. The Kier molecular flexibility index (Phi) is 7.97. The molecule has 11 nitrogen and oxygen atoms in total. The fraction of sp³-hybridized carbons (Fsp3) is 0.667. The zero-order valence-electron chi connectivity index (χ0n) is 14.6. The highest BCUT2D eigenvalue weighted by Gasteiger charge is 2.38. The highest BCUT2D eigenvalue weighted by molar-refractivity contribution is 5.94. The van der Waals surface area contributed by atoms with Gasteiger partial charge < -0.3 is 32.1 Å². The number of hydrogen-bond donors (Lipinski definition) is 5. The summed E-state index contributed by atoms with van der Waals surface area (Å²) in [5.74, 6) is -3.51. The Morgan fingerprint density at radius 3 is 2.42 bits per heavy atom. The number of primary amides is 1. The number of nitrogens with two attached hydrogens (primary N) is 2. The molecule has 1 saturated heterocycles. The second-order valence-electron chi connectivity index (χ2n) is 6.09. The molecule has 0 bridgehead atoms.